The van der Waals surface area contributed by atoms with Gasteiger partial charge in [-0.3, -0.25) is 4.99 Å². The smallest absolute Gasteiger partial charge is 0.134 e. The summed E-state index contributed by atoms with van der Waals surface area (Å²) in [4.78, 5) is 4.50. The molecule has 0 N–H and O–H groups in total. The van der Waals surface area contributed by atoms with Gasteiger partial charge in [0.25, 0.3) is 0 Å². The Balaban J connectivity index is 1.65. The van der Waals surface area contributed by atoms with Crippen LogP contribution < -0.4 is 4.74 Å². The molecule has 0 aliphatic rings. The molecule has 0 amide bonds. The minimum atomic E-state index is 0.530. The van der Waals surface area contributed by atoms with Gasteiger partial charge in [-0.05, 0) is 76.4 Å². The molecule has 2 nitrogen and oxygen atoms in total. The van der Waals surface area contributed by atoms with Gasteiger partial charge in [-0.2, -0.15) is 0 Å². The third-order valence-corrected chi connectivity index (χ3v) is 4.81. The number of aliphatic imine (C=N–C) groups is 1. The molecule has 0 unspecified atom stereocenters. The zero-order valence-electron chi connectivity index (χ0n) is 13.7. The van der Waals surface area contributed by atoms with Gasteiger partial charge < -0.3 is 4.74 Å². The lowest BCUT2D eigenvalue weighted by Crippen LogP contribution is -1.96. The van der Waals surface area contributed by atoms with Crippen LogP contribution in [0.3, 0.4) is 0 Å². The van der Waals surface area contributed by atoms with Crippen LogP contribution in [0.2, 0.25) is 0 Å². The summed E-state index contributed by atoms with van der Waals surface area (Å²) in [6, 6.07) is 22.2. The highest BCUT2D eigenvalue weighted by Crippen LogP contribution is 2.27. The Kier molecular flexibility index (Phi) is 6.05. The van der Waals surface area contributed by atoms with E-state index in [-0.39, 0.29) is 0 Å². The average Bonchev–Trinajstić information content (AvgIpc) is 2.62. The Morgan fingerprint density at radius 3 is 2.32 bits per heavy atom. The van der Waals surface area contributed by atoms with Crippen LogP contribution in [-0.4, -0.2) is 6.21 Å². The first-order valence-corrected chi connectivity index (χ1v) is 9.46. The first kappa shape index (κ1) is 17.9. The fourth-order valence-electron chi connectivity index (χ4n) is 2.24. The third-order valence-electron chi connectivity index (χ3n) is 3.66. The van der Waals surface area contributed by atoms with Gasteiger partial charge in [0, 0.05) is 10.7 Å². The molecular formula is C21H17Br2NO. The average molecular weight is 459 g/mol. The van der Waals surface area contributed by atoms with Gasteiger partial charge >= 0.3 is 0 Å². The third kappa shape index (κ3) is 5.28. The molecule has 126 valence electrons. The maximum Gasteiger partial charge on any atom is 0.134 e. The van der Waals surface area contributed by atoms with E-state index in [1.165, 1.54) is 5.56 Å². The number of hydrogen-bond donors (Lipinski definition) is 0. The summed E-state index contributed by atoms with van der Waals surface area (Å²) in [6.07, 6.45) is 1.86. The highest BCUT2D eigenvalue weighted by atomic mass is 79.9. The van der Waals surface area contributed by atoms with Gasteiger partial charge in [0.15, 0.2) is 0 Å². The standard InChI is InChI=1S/C21H17Br2NO/c1-15-2-9-19(10-3-15)24-13-17-6-11-21(20(23)12-17)25-14-16-4-7-18(22)8-5-16/h2-13H,14H2,1H3. The summed E-state index contributed by atoms with van der Waals surface area (Å²) >= 11 is 7.01. The van der Waals surface area contributed by atoms with Crippen LogP contribution in [0.5, 0.6) is 5.75 Å². The first-order valence-electron chi connectivity index (χ1n) is 7.88. The highest BCUT2D eigenvalue weighted by molar-refractivity contribution is 9.10. The van der Waals surface area contributed by atoms with E-state index in [0.29, 0.717) is 6.61 Å². The van der Waals surface area contributed by atoms with E-state index in [1.54, 1.807) is 0 Å². The van der Waals surface area contributed by atoms with E-state index in [0.717, 1.165) is 31.5 Å². The zero-order valence-corrected chi connectivity index (χ0v) is 16.9. The number of nitrogens with zero attached hydrogens (tertiary/aromatic N) is 1. The van der Waals surface area contributed by atoms with Crippen molar-refractivity contribution in [1.29, 1.82) is 0 Å². The second-order valence-corrected chi connectivity index (χ2v) is 7.47. The molecule has 0 fully saturated rings. The summed E-state index contributed by atoms with van der Waals surface area (Å²) in [5, 5.41) is 0. The molecule has 3 aromatic rings. The van der Waals surface area contributed by atoms with Crippen LogP contribution in [-0.2, 0) is 6.61 Å². The molecule has 3 rings (SSSR count). The summed E-state index contributed by atoms with van der Waals surface area (Å²) in [5.41, 5.74) is 4.31. The molecule has 0 bridgehead atoms. The fourth-order valence-corrected chi connectivity index (χ4v) is 3.01. The number of aryl methyl sites for hydroxylation is 1. The Hall–Kier alpha value is -1.91. The van der Waals surface area contributed by atoms with E-state index in [2.05, 4.69) is 55.9 Å². The molecule has 0 atom stereocenters. The van der Waals surface area contributed by atoms with Gasteiger partial charge in [0.1, 0.15) is 12.4 Å². The van der Waals surface area contributed by atoms with Gasteiger partial charge in [-0.25, -0.2) is 0 Å². The monoisotopic (exact) mass is 457 g/mol. The first-order chi connectivity index (χ1) is 12.1. The van der Waals surface area contributed by atoms with Gasteiger partial charge in [-0.15, -0.1) is 0 Å². The summed E-state index contributed by atoms with van der Waals surface area (Å²) in [5.74, 6) is 0.815. The maximum absolute atomic E-state index is 5.89. The Morgan fingerprint density at radius 2 is 1.64 bits per heavy atom. The van der Waals surface area contributed by atoms with Crippen molar-refractivity contribution in [2.75, 3.05) is 0 Å². The zero-order chi connectivity index (χ0) is 17.6. The lowest BCUT2D eigenvalue weighted by Gasteiger charge is -2.09. The van der Waals surface area contributed by atoms with E-state index >= 15 is 0 Å². The fraction of sp³-hybridized carbons (Fsp3) is 0.0952. The molecule has 0 heterocycles. The summed E-state index contributed by atoms with van der Waals surface area (Å²) in [7, 11) is 0. The van der Waals surface area contributed by atoms with Gasteiger partial charge in [-0.1, -0.05) is 45.8 Å². The number of halogens is 2. The molecule has 3 aromatic carbocycles. The quantitative estimate of drug-likeness (QED) is 0.383. The van der Waals surface area contributed by atoms with E-state index in [1.807, 2.05) is 60.8 Å². The number of rotatable bonds is 5. The molecule has 0 aliphatic heterocycles. The molecule has 0 saturated carbocycles. The largest absolute Gasteiger partial charge is 0.488 e. The van der Waals surface area contributed by atoms with Crippen LogP contribution in [0.1, 0.15) is 16.7 Å². The lowest BCUT2D eigenvalue weighted by atomic mass is 10.2. The SMILES string of the molecule is Cc1ccc(N=Cc2ccc(OCc3ccc(Br)cc3)c(Br)c2)cc1. The molecule has 0 saturated heterocycles. The van der Waals surface area contributed by atoms with Crippen molar-refractivity contribution in [3.8, 4) is 5.75 Å². The topological polar surface area (TPSA) is 21.6 Å². The van der Waals surface area contributed by atoms with E-state index in [4.69, 9.17) is 4.74 Å². The number of benzene rings is 3. The normalized spacial score (nSPS) is 11.0. The molecule has 4 heteroatoms. The van der Waals surface area contributed by atoms with Crippen molar-refractivity contribution in [3.05, 3.63) is 92.4 Å². The number of ether oxygens (including phenoxy) is 1. The van der Waals surface area contributed by atoms with Crippen LogP contribution in [0.4, 0.5) is 5.69 Å². The van der Waals surface area contributed by atoms with E-state index in [9.17, 15) is 0 Å². The second kappa shape index (κ2) is 8.45. The summed E-state index contributed by atoms with van der Waals surface area (Å²) < 4.78 is 7.87. The minimum absolute atomic E-state index is 0.530. The van der Waals surface area contributed by atoms with Crippen LogP contribution >= 0.6 is 31.9 Å². The Bertz CT molecular complexity index is 871. The molecule has 0 aromatic heterocycles. The highest BCUT2D eigenvalue weighted by Gasteiger charge is 2.03. The van der Waals surface area contributed by atoms with Crippen LogP contribution in [0.25, 0.3) is 0 Å². The van der Waals surface area contributed by atoms with Crippen molar-refractivity contribution < 1.29 is 4.74 Å². The molecule has 0 radical (unpaired) electrons. The maximum atomic E-state index is 5.89. The van der Waals surface area contributed by atoms with Crippen LogP contribution in [0, 0.1) is 6.92 Å². The van der Waals surface area contributed by atoms with Crippen LogP contribution in [0.15, 0.2) is 80.7 Å². The van der Waals surface area contributed by atoms with Crippen molar-refractivity contribution in [2.24, 2.45) is 4.99 Å². The predicted molar refractivity (Wildman–Crippen MR) is 111 cm³/mol. The van der Waals surface area contributed by atoms with Crippen molar-refractivity contribution in [2.45, 2.75) is 13.5 Å². The minimum Gasteiger partial charge on any atom is -0.488 e. The van der Waals surface area contributed by atoms with Gasteiger partial charge in [0.05, 0.1) is 10.2 Å². The molecule has 0 aliphatic carbocycles. The van der Waals surface area contributed by atoms with Gasteiger partial charge in [0.2, 0.25) is 0 Å². The van der Waals surface area contributed by atoms with Crippen molar-refractivity contribution >= 4 is 43.8 Å². The second-order valence-electron chi connectivity index (χ2n) is 5.70. The summed E-state index contributed by atoms with van der Waals surface area (Å²) in [6.45, 7) is 2.60. The van der Waals surface area contributed by atoms with Crippen molar-refractivity contribution in [3.63, 3.8) is 0 Å². The number of hydrogen-bond acceptors (Lipinski definition) is 2. The van der Waals surface area contributed by atoms with E-state index < -0.39 is 0 Å². The Morgan fingerprint density at radius 1 is 0.920 bits per heavy atom. The molecular weight excluding hydrogens is 442 g/mol. The lowest BCUT2D eigenvalue weighted by molar-refractivity contribution is 0.304. The molecule has 0 spiro atoms. The Labute approximate surface area is 164 Å². The van der Waals surface area contributed by atoms with Crippen molar-refractivity contribution in [1.82, 2.24) is 0 Å². The molecule has 25 heavy (non-hydrogen) atoms. The predicted octanol–water partition coefficient (Wildman–Crippen LogP) is 6.85.